The summed E-state index contributed by atoms with van der Waals surface area (Å²) in [5, 5.41) is 2.38. The first-order valence-corrected chi connectivity index (χ1v) is 10.2. The van der Waals surface area contributed by atoms with Gasteiger partial charge in [0.25, 0.3) is 0 Å². The number of hydrogen-bond donors (Lipinski definition) is 3. The predicted octanol–water partition coefficient (Wildman–Crippen LogP) is 2.96. The van der Waals surface area contributed by atoms with Gasteiger partial charge in [-0.15, -0.1) is 0 Å². The number of esters is 2. The summed E-state index contributed by atoms with van der Waals surface area (Å²) in [6.07, 6.45) is -1.05. The molecule has 3 amide bonds. The van der Waals surface area contributed by atoms with Crippen LogP contribution in [0.2, 0.25) is 0 Å². The van der Waals surface area contributed by atoms with Gasteiger partial charge < -0.3 is 19.5 Å². The van der Waals surface area contributed by atoms with E-state index < -0.39 is 41.3 Å². The molecule has 1 aromatic rings. The number of benzene rings is 1. The number of hydrogen-bond acceptors (Lipinski definition) is 7. The lowest BCUT2D eigenvalue weighted by Crippen LogP contribution is -2.53. The van der Waals surface area contributed by atoms with E-state index in [2.05, 4.69) is 16.2 Å². The van der Waals surface area contributed by atoms with E-state index in [-0.39, 0.29) is 19.4 Å². The molecule has 10 heteroatoms. The molecule has 0 aliphatic carbocycles. The molecule has 0 aliphatic rings. The van der Waals surface area contributed by atoms with Crippen LogP contribution < -0.4 is 16.2 Å². The van der Waals surface area contributed by atoms with Gasteiger partial charge in [0.2, 0.25) is 0 Å². The Labute approximate surface area is 188 Å². The number of amides is 3. The highest BCUT2D eigenvalue weighted by atomic mass is 16.6. The van der Waals surface area contributed by atoms with E-state index in [1.165, 1.54) is 0 Å². The molecule has 0 saturated carbocycles. The minimum absolute atomic E-state index is 0.0202. The van der Waals surface area contributed by atoms with Crippen LogP contribution in [0.3, 0.4) is 0 Å². The molecule has 10 nitrogen and oxygen atoms in total. The van der Waals surface area contributed by atoms with Crippen molar-refractivity contribution in [3.63, 3.8) is 0 Å². The van der Waals surface area contributed by atoms with E-state index in [0.29, 0.717) is 0 Å². The van der Waals surface area contributed by atoms with E-state index >= 15 is 0 Å². The maximum absolute atomic E-state index is 12.5. The van der Waals surface area contributed by atoms with E-state index in [1.54, 1.807) is 65.8 Å². The van der Waals surface area contributed by atoms with Crippen LogP contribution in [0.5, 0.6) is 0 Å². The van der Waals surface area contributed by atoms with Gasteiger partial charge in [0.05, 0.1) is 0 Å². The highest BCUT2D eigenvalue weighted by molar-refractivity contribution is 5.85. The number of urea groups is 1. The molecule has 0 saturated heterocycles. The fourth-order valence-corrected chi connectivity index (χ4v) is 2.34. The molecule has 0 unspecified atom stereocenters. The third kappa shape index (κ3) is 12.4. The van der Waals surface area contributed by atoms with Gasteiger partial charge in [-0.2, -0.15) is 0 Å². The van der Waals surface area contributed by atoms with Crippen molar-refractivity contribution in [2.24, 2.45) is 0 Å². The van der Waals surface area contributed by atoms with Crippen LogP contribution in [-0.2, 0) is 30.4 Å². The maximum atomic E-state index is 12.5. The maximum Gasteiger partial charge on any atom is 0.426 e. The van der Waals surface area contributed by atoms with Crippen LogP contribution in [0, 0.1) is 0 Å². The molecule has 0 fully saturated rings. The molecule has 0 heterocycles. The van der Waals surface area contributed by atoms with Gasteiger partial charge in [-0.3, -0.25) is 4.79 Å². The Hall–Kier alpha value is -3.30. The standard InChI is InChI=1S/C22H33N3O7/c1-21(2,3)31-17(26)13-12-16(18(27)32-22(4,5)6)23-19(28)24-25-20(29)30-14-15-10-8-7-9-11-15/h7-11,16H,12-14H2,1-6H3,(H,25,29)(H2,23,24,28)/t16-/m0/s1. The number of hydrazine groups is 1. The fraction of sp³-hybridized carbons (Fsp3) is 0.545. The van der Waals surface area contributed by atoms with E-state index in [9.17, 15) is 19.2 Å². The van der Waals surface area contributed by atoms with Crippen molar-refractivity contribution in [2.75, 3.05) is 0 Å². The number of rotatable bonds is 7. The van der Waals surface area contributed by atoms with E-state index in [0.717, 1.165) is 5.56 Å². The molecule has 0 aromatic heterocycles. The zero-order valence-corrected chi connectivity index (χ0v) is 19.4. The molecule has 32 heavy (non-hydrogen) atoms. The van der Waals surface area contributed by atoms with Crippen molar-refractivity contribution in [3.8, 4) is 0 Å². The van der Waals surface area contributed by atoms with Gasteiger partial charge in [-0.05, 0) is 53.5 Å². The quantitative estimate of drug-likeness (QED) is 0.330. The van der Waals surface area contributed by atoms with Crippen molar-refractivity contribution in [1.82, 2.24) is 16.2 Å². The van der Waals surface area contributed by atoms with Crippen molar-refractivity contribution in [2.45, 2.75) is 78.2 Å². The van der Waals surface area contributed by atoms with Crippen LogP contribution in [-0.4, -0.2) is 41.3 Å². The van der Waals surface area contributed by atoms with Crippen molar-refractivity contribution in [3.05, 3.63) is 35.9 Å². The Kier molecular flexibility index (Phi) is 9.96. The third-order valence-electron chi connectivity index (χ3n) is 3.54. The minimum Gasteiger partial charge on any atom is -0.460 e. The van der Waals surface area contributed by atoms with Crippen molar-refractivity contribution >= 4 is 24.1 Å². The topological polar surface area (TPSA) is 132 Å². The largest absolute Gasteiger partial charge is 0.460 e. The van der Waals surface area contributed by atoms with Gasteiger partial charge in [0.15, 0.2) is 0 Å². The lowest BCUT2D eigenvalue weighted by molar-refractivity contribution is -0.158. The normalized spacial score (nSPS) is 12.2. The monoisotopic (exact) mass is 451 g/mol. The highest BCUT2D eigenvalue weighted by Gasteiger charge is 2.28. The number of carbonyl (C=O) groups is 4. The van der Waals surface area contributed by atoms with Crippen molar-refractivity contribution in [1.29, 1.82) is 0 Å². The summed E-state index contributed by atoms with van der Waals surface area (Å²) in [7, 11) is 0. The van der Waals surface area contributed by atoms with Crippen LogP contribution in [0.15, 0.2) is 30.3 Å². The summed E-state index contributed by atoms with van der Waals surface area (Å²) >= 11 is 0. The molecule has 0 aliphatic heterocycles. The predicted molar refractivity (Wildman–Crippen MR) is 116 cm³/mol. The number of ether oxygens (including phenoxy) is 3. The summed E-state index contributed by atoms with van der Waals surface area (Å²) in [6.45, 7) is 10.2. The average molecular weight is 452 g/mol. The molecule has 1 aromatic carbocycles. The first-order chi connectivity index (χ1) is 14.7. The summed E-state index contributed by atoms with van der Waals surface area (Å²) in [4.78, 5) is 48.4. The second-order valence-electron chi connectivity index (χ2n) is 9.00. The molecule has 3 N–H and O–H groups in total. The molecule has 1 atom stereocenters. The number of carbonyl (C=O) groups excluding carboxylic acids is 4. The van der Waals surface area contributed by atoms with E-state index in [4.69, 9.17) is 14.2 Å². The first kappa shape index (κ1) is 26.7. The molecule has 0 bridgehead atoms. The Morgan fingerprint density at radius 1 is 0.875 bits per heavy atom. The SMILES string of the molecule is CC(C)(C)OC(=O)CC[C@H](NC(=O)NNC(=O)OCc1ccccc1)C(=O)OC(C)(C)C. The second kappa shape index (κ2) is 11.9. The second-order valence-corrected chi connectivity index (χ2v) is 9.00. The van der Waals surface area contributed by atoms with Gasteiger partial charge in [0, 0.05) is 6.42 Å². The van der Waals surface area contributed by atoms with Crippen molar-refractivity contribution < 1.29 is 33.4 Å². The molecule has 0 spiro atoms. The molecular weight excluding hydrogens is 418 g/mol. The van der Waals surface area contributed by atoms with Gasteiger partial charge >= 0.3 is 24.1 Å². The summed E-state index contributed by atoms with van der Waals surface area (Å²) in [6, 6.07) is 6.99. The van der Waals surface area contributed by atoms with E-state index in [1.807, 2.05) is 6.07 Å². The Morgan fingerprint density at radius 3 is 2.03 bits per heavy atom. The third-order valence-corrected chi connectivity index (χ3v) is 3.54. The molecular formula is C22H33N3O7. The smallest absolute Gasteiger partial charge is 0.426 e. The van der Waals surface area contributed by atoms with Crippen LogP contribution >= 0.6 is 0 Å². The van der Waals surface area contributed by atoms with Crippen LogP contribution in [0.4, 0.5) is 9.59 Å². The van der Waals surface area contributed by atoms with Crippen LogP contribution in [0.25, 0.3) is 0 Å². The zero-order valence-electron chi connectivity index (χ0n) is 19.4. The first-order valence-electron chi connectivity index (χ1n) is 10.2. The van der Waals surface area contributed by atoms with Crippen LogP contribution in [0.1, 0.15) is 59.9 Å². The Balaban J connectivity index is 2.58. The fourth-order valence-electron chi connectivity index (χ4n) is 2.34. The lowest BCUT2D eigenvalue weighted by Gasteiger charge is -2.25. The average Bonchev–Trinajstić information content (AvgIpc) is 2.66. The van der Waals surface area contributed by atoms with Gasteiger partial charge in [-0.1, -0.05) is 30.3 Å². The molecule has 0 radical (unpaired) electrons. The Bertz CT molecular complexity index is 783. The minimum atomic E-state index is -1.14. The summed E-state index contributed by atoms with van der Waals surface area (Å²) < 4.78 is 15.5. The highest BCUT2D eigenvalue weighted by Crippen LogP contribution is 2.13. The zero-order chi connectivity index (χ0) is 24.4. The molecule has 1 rings (SSSR count). The Morgan fingerprint density at radius 2 is 1.47 bits per heavy atom. The van der Waals surface area contributed by atoms with Gasteiger partial charge in [0.1, 0.15) is 23.9 Å². The van der Waals surface area contributed by atoms with Gasteiger partial charge in [-0.25, -0.2) is 25.2 Å². The molecule has 178 valence electrons. The summed E-state index contributed by atoms with van der Waals surface area (Å²) in [5.74, 6) is -1.24. The lowest BCUT2D eigenvalue weighted by atomic mass is 10.1. The summed E-state index contributed by atoms with van der Waals surface area (Å²) in [5.41, 5.74) is 3.48. The number of nitrogens with one attached hydrogen (secondary N) is 3.